The summed E-state index contributed by atoms with van der Waals surface area (Å²) in [6.45, 7) is 8.12. The number of rotatable bonds is 5. The minimum Gasteiger partial charge on any atom is -0.478 e. The Hall–Kier alpha value is -1.33. The number of aliphatic hydroxyl groups is 1. The molecule has 16 heavy (non-hydrogen) atoms. The van der Waals surface area contributed by atoms with E-state index in [-0.39, 0.29) is 31.2 Å². The maximum Gasteiger partial charge on any atom is 0.330 e. The molecule has 6 heteroatoms. The van der Waals surface area contributed by atoms with Gasteiger partial charge in [-0.2, -0.15) is 0 Å². The Labute approximate surface area is 101 Å². The molecule has 94 valence electrons. The van der Waals surface area contributed by atoms with Gasteiger partial charge in [0.2, 0.25) is 0 Å². The number of carbonyl (C=O) groups is 2. The summed E-state index contributed by atoms with van der Waals surface area (Å²) in [6.07, 6.45) is 1.58. The number of aliphatic hydroxyl groups excluding tert-OH is 1. The summed E-state index contributed by atoms with van der Waals surface area (Å²) in [7, 11) is 0. The topological polar surface area (TPSA) is 83.8 Å². The van der Waals surface area contributed by atoms with Gasteiger partial charge in [-0.3, -0.25) is 0 Å². The second kappa shape index (κ2) is 13.7. The summed E-state index contributed by atoms with van der Waals surface area (Å²) in [4.78, 5) is 19.9. The smallest absolute Gasteiger partial charge is 0.330 e. The highest BCUT2D eigenvalue weighted by molar-refractivity contribution is 5.85. The third-order valence-electron chi connectivity index (χ3n) is 1.08. The van der Waals surface area contributed by atoms with E-state index in [9.17, 15) is 9.59 Å². The van der Waals surface area contributed by atoms with Gasteiger partial charge in [-0.1, -0.05) is 13.2 Å². The number of carboxylic acid groups (broad SMARTS) is 1. The highest BCUT2D eigenvalue weighted by Gasteiger charge is 1.92. The molecule has 0 aliphatic carbocycles. The van der Waals surface area contributed by atoms with Crippen LogP contribution in [0.1, 0.15) is 13.3 Å². The van der Waals surface area contributed by atoms with Gasteiger partial charge < -0.3 is 14.9 Å². The molecule has 5 nitrogen and oxygen atoms in total. The minimum atomic E-state index is -0.935. The zero-order chi connectivity index (χ0) is 12.3. The molecule has 0 aromatic carbocycles. The van der Waals surface area contributed by atoms with Gasteiger partial charge in [-0.25, -0.2) is 9.59 Å². The van der Waals surface area contributed by atoms with E-state index < -0.39 is 11.9 Å². The van der Waals surface area contributed by atoms with Crippen LogP contribution in [0.3, 0.4) is 0 Å². The molecule has 0 radical (unpaired) electrons. The van der Waals surface area contributed by atoms with Crippen LogP contribution in [0.5, 0.6) is 0 Å². The van der Waals surface area contributed by atoms with E-state index in [0.717, 1.165) is 6.08 Å². The first-order valence-electron chi connectivity index (χ1n) is 4.24. The van der Waals surface area contributed by atoms with Crippen LogP contribution < -0.4 is 0 Å². The molecular weight excluding hydrogens is 236 g/mol. The number of esters is 1. The molecule has 2 N–H and O–H groups in total. The maximum atomic E-state index is 10.3. The van der Waals surface area contributed by atoms with Crippen molar-refractivity contribution in [3.8, 4) is 0 Å². The van der Waals surface area contributed by atoms with Crippen molar-refractivity contribution < 1.29 is 24.5 Å². The molecule has 0 heterocycles. The van der Waals surface area contributed by atoms with Gasteiger partial charge >= 0.3 is 11.9 Å². The van der Waals surface area contributed by atoms with Crippen molar-refractivity contribution >= 4 is 24.3 Å². The number of hydrogen-bond acceptors (Lipinski definition) is 4. The lowest BCUT2D eigenvalue weighted by Gasteiger charge is -1.96. The van der Waals surface area contributed by atoms with Crippen LogP contribution in [0.2, 0.25) is 0 Å². The van der Waals surface area contributed by atoms with Crippen molar-refractivity contribution in [1.82, 2.24) is 0 Å². The lowest BCUT2D eigenvalue weighted by atomic mass is 10.4. The molecule has 0 aliphatic heterocycles. The molecule has 0 rings (SSSR count). The lowest BCUT2D eigenvalue weighted by molar-refractivity contribution is -0.138. The van der Waals surface area contributed by atoms with Crippen molar-refractivity contribution in [2.24, 2.45) is 0 Å². The molecule has 0 spiro atoms. The van der Waals surface area contributed by atoms with Gasteiger partial charge in [0.15, 0.2) is 0 Å². The number of halogens is 1. The predicted molar refractivity (Wildman–Crippen MR) is 62.6 cm³/mol. The fraction of sp³-hybridized carbons (Fsp3) is 0.400. The van der Waals surface area contributed by atoms with Crippen molar-refractivity contribution in [2.75, 3.05) is 13.2 Å². The molecule has 0 bridgehead atoms. The zero-order valence-electron chi connectivity index (χ0n) is 9.14. The molecular formula is C10H17ClO5. The number of aliphatic carboxylic acids is 1. The van der Waals surface area contributed by atoms with Gasteiger partial charge in [0, 0.05) is 24.7 Å². The van der Waals surface area contributed by atoms with Crippen LogP contribution in [-0.2, 0) is 14.3 Å². The summed E-state index contributed by atoms with van der Waals surface area (Å²) in [6, 6.07) is 0. The van der Waals surface area contributed by atoms with Gasteiger partial charge in [-0.05, 0) is 6.92 Å². The molecule has 0 aliphatic rings. The monoisotopic (exact) mass is 252 g/mol. The largest absolute Gasteiger partial charge is 0.478 e. The average Bonchev–Trinajstić information content (AvgIpc) is 2.18. The number of carbonyl (C=O) groups excluding carboxylic acids is 1. The first kappa shape index (κ1) is 20.1. The van der Waals surface area contributed by atoms with E-state index >= 15 is 0 Å². The molecule has 0 aromatic rings. The van der Waals surface area contributed by atoms with Crippen LogP contribution >= 0.6 is 12.4 Å². The Bertz CT molecular complexity index is 225. The fourth-order valence-corrected chi connectivity index (χ4v) is 0.296. The van der Waals surface area contributed by atoms with Crippen molar-refractivity contribution in [3.05, 3.63) is 24.8 Å². The van der Waals surface area contributed by atoms with Crippen LogP contribution in [0, 0.1) is 0 Å². The summed E-state index contributed by atoms with van der Waals surface area (Å²) in [5.74, 6) is -1.38. The Kier molecular flexibility index (Phi) is 17.2. The van der Waals surface area contributed by atoms with Crippen LogP contribution in [0.15, 0.2) is 24.8 Å². The van der Waals surface area contributed by atoms with Gasteiger partial charge in [0.1, 0.15) is 0 Å². The number of carboxylic acids is 1. The first-order chi connectivity index (χ1) is 6.95. The predicted octanol–water partition coefficient (Wildman–Crippen LogP) is 1.17. The standard InChI is InChI=1S/C6H10O3.C4H6O2.ClH/c1-2-6(8)9-5-3-4-7;1-3(2)4(5)6;/h2,7H,1,3-5H2;1H2,2H3,(H,5,6);1H. The van der Waals surface area contributed by atoms with Crippen molar-refractivity contribution in [1.29, 1.82) is 0 Å². The van der Waals surface area contributed by atoms with Gasteiger partial charge in [-0.15, -0.1) is 12.4 Å². The first-order valence-corrected chi connectivity index (χ1v) is 4.24. The second-order valence-electron chi connectivity index (χ2n) is 2.53. The Morgan fingerprint density at radius 2 is 1.88 bits per heavy atom. The average molecular weight is 253 g/mol. The summed E-state index contributed by atoms with van der Waals surface area (Å²) in [5, 5.41) is 16.1. The Morgan fingerprint density at radius 1 is 1.44 bits per heavy atom. The quantitative estimate of drug-likeness (QED) is 0.436. The molecule has 0 unspecified atom stereocenters. The van der Waals surface area contributed by atoms with Crippen molar-refractivity contribution in [2.45, 2.75) is 13.3 Å². The van der Waals surface area contributed by atoms with Crippen LogP contribution in [-0.4, -0.2) is 35.4 Å². The van der Waals surface area contributed by atoms with E-state index in [1.54, 1.807) is 0 Å². The maximum absolute atomic E-state index is 10.3. The Balaban J connectivity index is -0.000000214. The Morgan fingerprint density at radius 3 is 2.12 bits per heavy atom. The van der Waals surface area contributed by atoms with Crippen LogP contribution in [0.25, 0.3) is 0 Å². The summed E-state index contributed by atoms with van der Waals surface area (Å²) >= 11 is 0. The van der Waals surface area contributed by atoms with E-state index in [2.05, 4.69) is 17.9 Å². The molecule has 0 fully saturated rings. The van der Waals surface area contributed by atoms with Gasteiger partial charge in [0.25, 0.3) is 0 Å². The molecule has 0 saturated carbocycles. The minimum absolute atomic E-state index is 0. The molecule has 0 saturated heterocycles. The molecule has 0 amide bonds. The third kappa shape index (κ3) is 18.5. The van der Waals surface area contributed by atoms with Crippen LogP contribution in [0.4, 0.5) is 0 Å². The van der Waals surface area contributed by atoms with Crippen molar-refractivity contribution in [3.63, 3.8) is 0 Å². The van der Waals surface area contributed by atoms with E-state index in [4.69, 9.17) is 10.2 Å². The van der Waals surface area contributed by atoms with E-state index in [0.29, 0.717) is 6.42 Å². The zero-order valence-corrected chi connectivity index (χ0v) is 9.96. The second-order valence-corrected chi connectivity index (χ2v) is 2.53. The molecule has 0 aromatic heterocycles. The summed E-state index contributed by atoms with van der Waals surface area (Å²) < 4.78 is 4.51. The normalized spacial score (nSPS) is 7.62. The number of hydrogen-bond donors (Lipinski definition) is 2. The number of ether oxygens (including phenoxy) is 1. The van der Waals surface area contributed by atoms with E-state index in [1.165, 1.54) is 6.92 Å². The third-order valence-corrected chi connectivity index (χ3v) is 1.08. The lowest BCUT2D eigenvalue weighted by Crippen LogP contribution is -2.02. The van der Waals surface area contributed by atoms with Gasteiger partial charge in [0.05, 0.1) is 6.61 Å². The highest BCUT2D eigenvalue weighted by atomic mass is 35.5. The summed E-state index contributed by atoms with van der Waals surface area (Å²) in [5.41, 5.74) is 0.176. The van der Waals surface area contributed by atoms with E-state index in [1.807, 2.05) is 0 Å². The SMILES string of the molecule is C=C(C)C(=O)O.C=CC(=O)OCCCO.Cl. The molecule has 0 atom stereocenters. The highest BCUT2D eigenvalue weighted by Crippen LogP contribution is 1.82. The fourth-order valence-electron chi connectivity index (χ4n) is 0.296.